The van der Waals surface area contributed by atoms with Gasteiger partial charge in [0.15, 0.2) is 56.9 Å². The number of hydrogen-bond donors (Lipinski definition) is 4. The Balaban J connectivity index is 1.54. The van der Waals surface area contributed by atoms with E-state index in [1.54, 1.807) is 35.8 Å². The lowest BCUT2D eigenvalue weighted by atomic mass is 10.00. The van der Waals surface area contributed by atoms with E-state index in [9.17, 15) is 44.7 Å². The molecule has 0 fully saturated rings. The van der Waals surface area contributed by atoms with Crippen LogP contribution >= 0.6 is 23.5 Å². The number of halogens is 8. The predicted octanol–water partition coefficient (Wildman–Crippen LogP) is 3.19. The van der Waals surface area contributed by atoms with Gasteiger partial charge in [-0.25, -0.2) is 35.1 Å². The third kappa shape index (κ3) is 6.49. The van der Waals surface area contributed by atoms with Crippen LogP contribution in [0.1, 0.15) is 0 Å². The number of benzene rings is 2. The van der Waals surface area contributed by atoms with Gasteiger partial charge in [0, 0.05) is 14.1 Å². The fourth-order valence-corrected chi connectivity index (χ4v) is 4.70. The molecular weight excluding hydrogens is 652 g/mol. The number of thioether (sulfide) groups is 2. The number of hydrazine groups is 2. The Hall–Kier alpha value is -4.60. The highest BCUT2D eigenvalue weighted by atomic mass is 32.2. The van der Waals surface area contributed by atoms with Crippen molar-refractivity contribution in [1.82, 2.24) is 40.4 Å². The van der Waals surface area contributed by atoms with Crippen molar-refractivity contribution < 1.29 is 44.7 Å². The van der Waals surface area contributed by atoms with Crippen LogP contribution < -0.4 is 21.7 Å². The minimum absolute atomic E-state index is 0.281. The normalized spacial score (nSPS) is 11.0. The molecule has 0 saturated heterocycles. The van der Waals surface area contributed by atoms with Crippen molar-refractivity contribution in [3.05, 3.63) is 59.2 Å². The summed E-state index contributed by atoms with van der Waals surface area (Å²) in [6.45, 7) is 0. The molecule has 0 aliphatic heterocycles. The number of carbonyl (C=O) groups is 2. The first-order valence-corrected chi connectivity index (χ1v) is 13.6. The maximum absolute atomic E-state index is 14.9. The Bertz CT molecular complexity index is 1570. The zero-order valence-electron chi connectivity index (χ0n) is 21.9. The lowest BCUT2D eigenvalue weighted by molar-refractivity contribution is -0.118. The molecule has 234 valence electrons. The van der Waals surface area contributed by atoms with Gasteiger partial charge in [-0.05, 0) is 0 Å². The summed E-state index contributed by atoms with van der Waals surface area (Å²) < 4.78 is 121. The Morgan fingerprint density at radius 1 is 0.614 bits per heavy atom. The minimum Gasteiger partial charge on any atom is -0.312 e. The van der Waals surface area contributed by atoms with Gasteiger partial charge in [-0.3, -0.25) is 31.3 Å². The summed E-state index contributed by atoms with van der Waals surface area (Å²) in [6.07, 6.45) is 2.65. The smallest absolute Gasteiger partial charge is 0.248 e. The summed E-state index contributed by atoms with van der Waals surface area (Å²) in [7, 11) is 3.12. The monoisotopic (exact) mass is 668 g/mol. The molecule has 2 amide bonds. The number of aryl methyl sites for hydroxylation is 2. The number of carbonyl (C=O) groups excluding carboxylic acids is 2. The average Bonchev–Trinajstić information content (AvgIpc) is 3.61. The third-order valence-corrected chi connectivity index (χ3v) is 7.50. The van der Waals surface area contributed by atoms with E-state index in [0.29, 0.717) is 0 Å². The lowest BCUT2D eigenvalue weighted by Gasteiger charge is -2.17. The summed E-state index contributed by atoms with van der Waals surface area (Å²) in [5.41, 5.74) is -0.736. The van der Waals surface area contributed by atoms with Crippen LogP contribution in [0.25, 0.3) is 11.1 Å². The van der Waals surface area contributed by atoms with Gasteiger partial charge in [-0.1, -0.05) is 23.5 Å². The van der Waals surface area contributed by atoms with Gasteiger partial charge in [-0.2, -0.15) is 0 Å². The zero-order chi connectivity index (χ0) is 32.3. The van der Waals surface area contributed by atoms with Crippen molar-refractivity contribution in [1.29, 1.82) is 0 Å². The minimum atomic E-state index is -2.46. The van der Waals surface area contributed by atoms with E-state index in [1.165, 1.54) is 21.8 Å². The van der Waals surface area contributed by atoms with Crippen LogP contribution in [0, 0.1) is 46.5 Å². The quantitative estimate of drug-likeness (QED) is 0.0815. The first kappa shape index (κ1) is 32.3. The molecule has 4 N–H and O–H groups in total. The first-order chi connectivity index (χ1) is 20.8. The molecule has 12 nitrogen and oxygen atoms in total. The molecule has 2 heterocycles. The maximum Gasteiger partial charge on any atom is 0.248 e. The molecule has 22 heteroatoms. The standard InChI is InChI=1S/C22H16F8N10O2S2/c1-39-5-31-37-21(39)43-3-7(41)33-35-19-15(27)11(23)9(12(24)16(19)28)10-13(25)17(29)20(18(30)14(10)26)36-34-8(42)4-44-22-38-32-6-40(22)2/h5-6,35-36H,3-4H2,1-2H3,(H,33,41)(H,34,42). The van der Waals surface area contributed by atoms with Gasteiger partial charge in [-0.15, -0.1) is 20.4 Å². The second-order valence-corrected chi connectivity index (χ2v) is 10.3. The Kier molecular flexibility index (Phi) is 9.81. The molecule has 44 heavy (non-hydrogen) atoms. The Morgan fingerprint density at radius 2 is 0.932 bits per heavy atom. The molecule has 0 aliphatic carbocycles. The van der Waals surface area contributed by atoms with Crippen LogP contribution in [-0.4, -0.2) is 52.8 Å². The van der Waals surface area contributed by atoms with E-state index in [-0.39, 0.29) is 10.3 Å². The fourth-order valence-electron chi connectivity index (χ4n) is 3.33. The van der Waals surface area contributed by atoms with Gasteiger partial charge < -0.3 is 9.13 Å². The van der Waals surface area contributed by atoms with Crippen molar-refractivity contribution in [2.45, 2.75) is 10.3 Å². The molecule has 0 atom stereocenters. The van der Waals surface area contributed by atoms with Crippen molar-refractivity contribution in [2.24, 2.45) is 14.1 Å². The van der Waals surface area contributed by atoms with E-state index in [0.717, 1.165) is 23.5 Å². The number of nitrogens with zero attached hydrogens (tertiary/aromatic N) is 6. The van der Waals surface area contributed by atoms with Gasteiger partial charge in [0.05, 0.1) is 22.6 Å². The maximum atomic E-state index is 14.9. The third-order valence-electron chi connectivity index (χ3n) is 5.44. The average molecular weight is 669 g/mol. The molecule has 2 aromatic carbocycles. The number of nitrogens with one attached hydrogen (secondary N) is 4. The molecule has 2 aromatic heterocycles. The number of anilines is 2. The molecule has 4 rings (SSSR count). The van der Waals surface area contributed by atoms with Gasteiger partial charge in [0.25, 0.3) is 0 Å². The number of hydrogen-bond acceptors (Lipinski definition) is 10. The van der Waals surface area contributed by atoms with Crippen LogP contribution in [0.5, 0.6) is 0 Å². The molecule has 0 unspecified atom stereocenters. The SMILES string of the molecule is Cn1cnnc1SCC(=O)NNc1c(F)c(F)c(-c2c(F)c(F)c(NNC(=O)CSc3nncn3C)c(F)c2F)c(F)c1F. The van der Waals surface area contributed by atoms with Crippen LogP contribution in [0.3, 0.4) is 0 Å². The van der Waals surface area contributed by atoms with Crippen molar-refractivity contribution in [2.75, 3.05) is 22.4 Å². The highest BCUT2D eigenvalue weighted by Crippen LogP contribution is 2.40. The molecule has 4 aromatic rings. The van der Waals surface area contributed by atoms with E-state index in [2.05, 4.69) is 20.4 Å². The molecule has 0 spiro atoms. The van der Waals surface area contributed by atoms with Crippen LogP contribution in [0.15, 0.2) is 23.0 Å². The summed E-state index contributed by atoms with van der Waals surface area (Å²) in [5, 5.41) is 15.1. The zero-order valence-corrected chi connectivity index (χ0v) is 23.5. The summed E-state index contributed by atoms with van der Waals surface area (Å²) >= 11 is 1.68. The van der Waals surface area contributed by atoms with Gasteiger partial charge >= 0.3 is 0 Å². The fraction of sp³-hybridized carbons (Fsp3) is 0.182. The second-order valence-electron chi connectivity index (χ2n) is 8.38. The number of rotatable bonds is 11. The van der Waals surface area contributed by atoms with E-state index in [1.807, 2.05) is 0 Å². The van der Waals surface area contributed by atoms with Crippen LogP contribution in [0.4, 0.5) is 46.5 Å². The van der Waals surface area contributed by atoms with Crippen molar-refractivity contribution in [3.8, 4) is 11.1 Å². The molecule has 0 radical (unpaired) electrons. The van der Waals surface area contributed by atoms with Crippen LogP contribution in [-0.2, 0) is 23.7 Å². The molecule has 0 bridgehead atoms. The first-order valence-electron chi connectivity index (χ1n) is 11.6. The van der Waals surface area contributed by atoms with E-state index in [4.69, 9.17) is 0 Å². The lowest BCUT2D eigenvalue weighted by Crippen LogP contribution is -2.32. The van der Waals surface area contributed by atoms with Crippen LogP contribution in [0.2, 0.25) is 0 Å². The second kappa shape index (κ2) is 13.4. The summed E-state index contributed by atoms with van der Waals surface area (Å²) in [5.74, 6) is -21.7. The number of amides is 2. The van der Waals surface area contributed by atoms with E-state index < -0.39 is 92.4 Å². The molecule has 0 saturated carbocycles. The predicted molar refractivity (Wildman–Crippen MR) is 139 cm³/mol. The summed E-state index contributed by atoms with van der Waals surface area (Å²) in [6, 6.07) is 0. The topological polar surface area (TPSA) is 144 Å². The van der Waals surface area contributed by atoms with Gasteiger partial charge in [0.2, 0.25) is 11.8 Å². The summed E-state index contributed by atoms with van der Waals surface area (Å²) in [4.78, 5) is 24.0. The molecular formula is C22H16F8N10O2S2. The van der Waals surface area contributed by atoms with Crippen molar-refractivity contribution >= 4 is 46.7 Å². The number of aromatic nitrogens is 6. The van der Waals surface area contributed by atoms with E-state index >= 15 is 0 Å². The largest absolute Gasteiger partial charge is 0.312 e. The van der Waals surface area contributed by atoms with Crippen molar-refractivity contribution in [3.63, 3.8) is 0 Å². The Morgan fingerprint density at radius 3 is 1.20 bits per heavy atom. The Labute approximate surface area is 248 Å². The highest BCUT2D eigenvalue weighted by molar-refractivity contribution is 8.00. The van der Waals surface area contributed by atoms with Gasteiger partial charge in [0.1, 0.15) is 24.0 Å². The molecule has 0 aliphatic rings. The highest BCUT2D eigenvalue weighted by Gasteiger charge is 2.34.